The molecule has 0 aliphatic heterocycles. The van der Waals surface area contributed by atoms with Crippen LogP contribution in [0.4, 0.5) is 17.6 Å². The summed E-state index contributed by atoms with van der Waals surface area (Å²) in [5, 5.41) is 2.62. The summed E-state index contributed by atoms with van der Waals surface area (Å²) in [6.07, 6.45) is 1.42. The molecular formula is C21H23F4N5O4. The van der Waals surface area contributed by atoms with E-state index in [1.807, 2.05) is 0 Å². The molecule has 9 nitrogen and oxygen atoms in total. The van der Waals surface area contributed by atoms with Crippen LogP contribution in [0.5, 0.6) is 5.75 Å². The number of amides is 1. The third kappa shape index (κ3) is 6.17. The van der Waals surface area contributed by atoms with Crippen LogP contribution in [0.25, 0.3) is 11.0 Å². The van der Waals surface area contributed by atoms with Crippen molar-refractivity contribution < 1.29 is 36.6 Å². The summed E-state index contributed by atoms with van der Waals surface area (Å²) in [6, 6.07) is 2.96. The number of ether oxygens (including phenoxy) is 3. The number of benzene rings is 1. The number of carbonyl (C=O) groups is 1. The SMILES string of the molecule is COCCn1c([C@@H](NC(=O)c2cnc(C)cn2)[C@@H](C)OC(F)F)nc2cc(OC(F)F)ccc21. The molecule has 184 valence electrons. The average molecular weight is 485 g/mol. The van der Waals surface area contributed by atoms with Gasteiger partial charge in [0.1, 0.15) is 23.3 Å². The van der Waals surface area contributed by atoms with Crippen molar-refractivity contribution in [3.8, 4) is 5.75 Å². The normalized spacial score (nSPS) is 13.4. The summed E-state index contributed by atoms with van der Waals surface area (Å²) in [5.41, 5.74) is 1.30. The van der Waals surface area contributed by atoms with E-state index in [0.29, 0.717) is 11.2 Å². The van der Waals surface area contributed by atoms with Crippen LogP contribution in [0.3, 0.4) is 0 Å². The number of aromatic nitrogens is 4. The van der Waals surface area contributed by atoms with Gasteiger partial charge in [0, 0.05) is 25.9 Å². The molecule has 0 aliphatic carbocycles. The van der Waals surface area contributed by atoms with Gasteiger partial charge in [-0.05, 0) is 26.0 Å². The number of nitrogens with zero attached hydrogens (tertiary/aromatic N) is 4. The van der Waals surface area contributed by atoms with Crippen molar-refractivity contribution >= 4 is 16.9 Å². The number of aryl methyl sites for hydroxylation is 1. The van der Waals surface area contributed by atoms with Gasteiger partial charge in [-0.3, -0.25) is 9.78 Å². The van der Waals surface area contributed by atoms with Crippen molar-refractivity contribution in [3.63, 3.8) is 0 Å². The molecule has 0 aliphatic rings. The molecule has 1 N–H and O–H groups in total. The predicted molar refractivity (Wildman–Crippen MR) is 112 cm³/mol. The van der Waals surface area contributed by atoms with Gasteiger partial charge < -0.3 is 24.1 Å². The lowest BCUT2D eigenvalue weighted by Crippen LogP contribution is -2.39. The lowest BCUT2D eigenvalue weighted by molar-refractivity contribution is -0.165. The molecule has 2 heterocycles. The number of carbonyl (C=O) groups excluding carboxylic acids is 1. The third-order valence-electron chi connectivity index (χ3n) is 4.86. The second-order valence-corrected chi connectivity index (χ2v) is 7.24. The Bertz CT molecular complexity index is 1110. The molecule has 0 bridgehead atoms. The van der Waals surface area contributed by atoms with Gasteiger partial charge in [0.05, 0.1) is 35.6 Å². The Kier molecular flexibility index (Phi) is 8.34. The van der Waals surface area contributed by atoms with Crippen LogP contribution in [0.2, 0.25) is 0 Å². The third-order valence-corrected chi connectivity index (χ3v) is 4.86. The number of alkyl halides is 4. The number of nitrogens with one attached hydrogen (secondary N) is 1. The van der Waals surface area contributed by atoms with Crippen molar-refractivity contribution in [2.24, 2.45) is 0 Å². The van der Waals surface area contributed by atoms with Crippen molar-refractivity contribution in [1.82, 2.24) is 24.8 Å². The van der Waals surface area contributed by atoms with E-state index in [4.69, 9.17) is 4.74 Å². The Morgan fingerprint density at radius 2 is 1.91 bits per heavy atom. The molecule has 3 aromatic rings. The topological polar surface area (TPSA) is 100 Å². The summed E-state index contributed by atoms with van der Waals surface area (Å²) < 4.78 is 67.3. The molecule has 0 saturated carbocycles. The molecule has 1 amide bonds. The highest BCUT2D eigenvalue weighted by Gasteiger charge is 2.31. The zero-order chi connectivity index (χ0) is 24.8. The molecule has 34 heavy (non-hydrogen) atoms. The standard InChI is InChI=1S/C21H23F4N5O4/c1-11-9-27-15(10-26-11)19(31)29-17(12(2)33-20(22)23)18-28-14-8-13(34-21(24)25)4-5-16(14)30(18)6-7-32-3/h4-5,8-10,12,17,20-21H,6-7H2,1-3H3,(H,29,31)/t12-,17+/m1/s1. The van der Waals surface area contributed by atoms with E-state index in [1.165, 1.54) is 44.6 Å². The number of methoxy groups -OCH3 is 1. The Hall–Kier alpha value is -3.32. The minimum Gasteiger partial charge on any atom is -0.435 e. The van der Waals surface area contributed by atoms with Gasteiger partial charge in [-0.1, -0.05) is 0 Å². The molecular weight excluding hydrogens is 462 g/mol. The van der Waals surface area contributed by atoms with Crippen LogP contribution in [0.15, 0.2) is 30.6 Å². The van der Waals surface area contributed by atoms with Crippen molar-refractivity contribution in [3.05, 3.63) is 47.8 Å². The molecule has 0 unspecified atom stereocenters. The second kappa shape index (κ2) is 11.2. The van der Waals surface area contributed by atoms with E-state index < -0.39 is 31.3 Å². The second-order valence-electron chi connectivity index (χ2n) is 7.24. The number of imidazole rings is 1. The fraction of sp³-hybridized carbons (Fsp3) is 0.429. The average Bonchev–Trinajstić information content (AvgIpc) is 3.12. The van der Waals surface area contributed by atoms with E-state index in [-0.39, 0.29) is 35.9 Å². The van der Waals surface area contributed by atoms with E-state index in [2.05, 4.69) is 29.7 Å². The summed E-state index contributed by atoms with van der Waals surface area (Å²) in [4.78, 5) is 25.3. The fourth-order valence-corrected chi connectivity index (χ4v) is 3.32. The maximum Gasteiger partial charge on any atom is 0.387 e. The molecule has 0 saturated heterocycles. The van der Waals surface area contributed by atoms with Gasteiger partial charge in [0.15, 0.2) is 0 Å². The zero-order valence-electron chi connectivity index (χ0n) is 18.5. The van der Waals surface area contributed by atoms with Crippen molar-refractivity contribution in [2.75, 3.05) is 13.7 Å². The Labute approximate surface area is 192 Å². The van der Waals surface area contributed by atoms with Crippen LogP contribution < -0.4 is 10.1 Å². The van der Waals surface area contributed by atoms with E-state index >= 15 is 0 Å². The summed E-state index contributed by atoms with van der Waals surface area (Å²) >= 11 is 0. The highest BCUT2D eigenvalue weighted by molar-refractivity contribution is 5.92. The van der Waals surface area contributed by atoms with E-state index in [0.717, 1.165) is 0 Å². The van der Waals surface area contributed by atoms with Crippen molar-refractivity contribution in [1.29, 1.82) is 0 Å². The fourth-order valence-electron chi connectivity index (χ4n) is 3.32. The summed E-state index contributed by atoms with van der Waals surface area (Å²) in [6.45, 7) is -2.65. The number of halogens is 4. The van der Waals surface area contributed by atoms with Crippen LogP contribution >= 0.6 is 0 Å². The molecule has 1 aromatic carbocycles. The number of hydrogen-bond acceptors (Lipinski definition) is 7. The van der Waals surface area contributed by atoms with Crippen LogP contribution in [0, 0.1) is 6.92 Å². The van der Waals surface area contributed by atoms with Crippen molar-refractivity contribution in [2.45, 2.75) is 45.8 Å². The predicted octanol–water partition coefficient (Wildman–Crippen LogP) is 3.48. The van der Waals surface area contributed by atoms with Gasteiger partial charge >= 0.3 is 13.2 Å². The van der Waals surface area contributed by atoms with Gasteiger partial charge in [0.2, 0.25) is 0 Å². The monoisotopic (exact) mass is 485 g/mol. The highest BCUT2D eigenvalue weighted by Crippen LogP contribution is 2.28. The van der Waals surface area contributed by atoms with Gasteiger partial charge in [-0.2, -0.15) is 17.6 Å². The minimum absolute atomic E-state index is 0.0352. The highest BCUT2D eigenvalue weighted by atomic mass is 19.3. The number of fused-ring (bicyclic) bond motifs is 1. The maximum absolute atomic E-state index is 13.1. The molecule has 0 spiro atoms. The number of rotatable bonds is 11. The van der Waals surface area contributed by atoms with Crippen LogP contribution in [-0.2, 0) is 16.0 Å². The van der Waals surface area contributed by atoms with Gasteiger partial charge in [0.25, 0.3) is 5.91 Å². The van der Waals surface area contributed by atoms with Gasteiger partial charge in [-0.25, -0.2) is 9.97 Å². The molecule has 0 fully saturated rings. The van der Waals surface area contributed by atoms with Crippen LogP contribution in [-0.4, -0.2) is 58.5 Å². The Balaban J connectivity index is 2.06. The molecule has 3 rings (SSSR count). The zero-order valence-corrected chi connectivity index (χ0v) is 18.5. The molecule has 2 atom stereocenters. The first-order valence-electron chi connectivity index (χ1n) is 10.2. The summed E-state index contributed by atoms with van der Waals surface area (Å²) in [5.74, 6) is -0.657. The summed E-state index contributed by atoms with van der Waals surface area (Å²) in [7, 11) is 1.48. The first-order valence-corrected chi connectivity index (χ1v) is 10.2. The Morgan fingerprint density at radius 1 is 1.15 bits per heavy atom. The minimum atomic E-state index is -3.11. The molecule has 2 aromatic heterocycles. The molecule has 0 radical (unpaired) electrons. The smallest absolute Gasteiger partial charge is 0.387 e. The van der Waals surface area contributed by atoms with E-state index in [1.54, 1.807) is 11.5 Å². The lowest BCUT2D eigenvalue weighted by atomic mass is 10.1. The quantitative estimate of drug-likeness (QED) is 0.415. The first-order chi connectivity index (χ1) is 16.2. The first kappa shape index (κ1) is 25.3. The van der Waals surface area contributed by atoms with Crippen LogP contribution in [0.1, 0.15) is 35.0 Å². The van der Waals surface area contributed by atoms with Gasteiger partial charge in [-0.15, -0.1) is 0 Å². The molecule has 13 heteroatoms. The lowest BCUT2D eigenvalue weighted by Gasteiger charge is -2.25. The Morgan fingerprint density at radius 3 is 2.53 bits per heavy atom. The van der Waals surface area contributed by atoms with E-state index in [9.17, 15) is 22.4 Å². The number of hydrogen-bond donors (Lipinski definition) is 1. The maximum atomic E-state index is 13.1. The largest absolute Gasteiger partial charge is 0.435 e.